The van der Waals surface area contributed by atoms with E-state index in [9.17, 15) is 4.79 Å². The van der Waals surface area contributed by atoms with Crippen LogP contribution in [0.15, 0.2) is 28.6 Å². The normalized spacial score (nSPS) is 10.6. The van der Waals surface area contributed by atoms with Crippen molar-refractivity contribution < 1.29 is 4.79 Å². The van der Waals surface area contributed by atoms with Gasteiger partial charge in [0.2, 0.25) is 5.13 Å². The molecule has 0 aliphatic heterocycles. The molecule has 2 heterocycles. The molecule has 0 bridgehead atoms. The minimum Gasteiger partial charge on any atom is -0.370 e. The minimum atomic E-state index is -0.386. The zero-order valence-corrected chi connectivity index (χ0v) is 13.3. The fraction of sp³-hybridized carbons (Fsp3) is 0. The van der Waals surface area contributed by atoms with Crippen LogP contribution in [-0.4, -0.2) is 21.8 Å². The number of guanidine groups is 1. The first-order valence-corrected chi connectivity index (χ1v) is 8.02. The van der Waals surface area contributed by atoms with Crippen molar-refractivity contribution >= 4 is 66.6 Å². The summed E-state index contributed by atoms with van der Waals surface area (Å²) in [6.07, 6.45) is 0. The molecule has 22 heavy (non-hydrogen) atoms. The third-order valence-electron chi connectivity index (χ3n) is 2.54. The third kappa shape index (κ3) is 3.01. The van der Waals surface area contributed by atoms with Gasteiger partial charge in [0.05, 0.1) is 9.72 Å². The first-order valence-electron chi connectivity index (χ1n) is 5.94. The number of carbonyl (C=O) groups excluding carboxylic acids is 1. The second kappa shape index (κ2) is 5.87. The average molecular weight is 353 g/mol. The maximum absolute atomic E-state index is 12.1. The summed E-state index contributed by atoms with van der Waals surface area (Å²) < 4.78 is 0.891. The summed E-state index contributed by atoms with van der Waals surface area (Å²) in [5, 5.41) is 5.56. The van der Waals surface area contributed by atoms with Crippen LogP contribution in [0, 0.1) is 0 Å². The summed E-state index contributed by atoms with van der Waals surface area (Å²) in [6, 6.07) is 5.46. The standard InChI is InChI=1S/C12H9ClN6OS2/c13-5-2-1-3-7-8(5)17-12(22-7)18-9(20)6-4-21-11(16-6)19-10(14)15/h1-4H,(H,17,18,20)(H4,14,15,16,19). The molecule has 0 aliphatic rings. The zero-order valence-electron chi connectivity index (χ0n) is 10.9. The van der Waals surface area contributed by atoms with Gasteiger partial charge in [0.15, 0.2) is 11.1 Å². The number of aliphatic imine (C=N–C) groups is 1. The Kier molecular flexibility index (Phi) is 3.92. The highest BCUT2D eigenvalue weighted by molar-refractivity contribution is 7.22. The van der Waals surface area contributed by atoms with Crippen molar-refractivity contribution in [2.24, 2.45) is 16.5 Å². The SMILES string of the molecule is NC(N)=Nc1nc(C(=O)Nc2nc3c(Cl)cccc3s2)cs1. The van der Waals surface area contributed by atoms with Gasteiger partial charge in [-0.15, -0.1) is 11.3 Å². The van der Waals surface area contributed by atoms with Crippen LogP contribution >= 0.6 is 34.3 Å². The smallest absolute Gasteiger partial charge is 0.276 e. The molecule has 7 nitrogen and oxygen atoms in total. The number of fused-ring (bicyclic) bond motifs is 1. The van der Waals surface area contributed by atoms with Crippen LogP contribution in [0.4, 0.5) is 10.3 Å². The van der Waals surface area contributed by atoms with E-state index < -0.39 is 0 Å². The molecule has 1 amide bonds. The molecule has 0 aliphatic carbocycles. The Morgan fingerprint density at radius 2 is 2.14 bits per heavy atom. The first-order chi connectivity index (χ1) is 10.5. The molecule has 10 heteroatoms. The molecule has 5 N–H and O–H groups in total. The molecule has 0 atom stereocenters. The molecule has 0 spiro atoms. The molecular weight excluding hydrogens is 344 g/mol. The Labute approximate surface area is 137 Å². The maximum atomic E-state index is 12.1. The van der Waals surface area contributed by atoms with Gasteiger partial charge in [-0.25, -0.2) is 9.97 Å². The van der Waals surface area contributed by atoms with Crippen LogP contribution in [0.5, 0.6) is 0 Å². The van der Waals surface area contributed by atoms with Crippen molar-refractivity contribution in [3.05, 3.63) is 34.3 Å². The molecule has 0 saturated heterocycles. The second-order valence-electron chi connectivity index (χ2n) is 4.11. The van der Waals surface area contributed by atoms with Gasteiger partial charge in [-0.3, -0.25) is 10.1 Å². The number of nitrogens with two attached hydrogens (primary N) is 2. The van der Waals surface area contributed by atoms with Crippen molar-refractivity contribution in [3.63, 3.8) is 0 Å². The highest BCUT2D eigenvalue weighted by atomic mass is 35.5. The quantitative estimate of drug-likeness (QED) is 0.494. The van der Waals surface area contributed by atoms with E-state index in [1.807, 2.05) is 12.1 Å². The van der Waals surface area contributed by atoms with Gasteiger partial charge >= 0.3 is 0 Å². The van der Waals surface area contributed by atoms with Gasteiger partial charge in [0.25, 0.3) is 5.91 Å². The van der Waals surface area contributed by atoms with Gasteiger partial charge in [0, 0.05) is 5.38 Å². The van der Waals surface area contributed by atoms with Crippen LogP contribution in [0.1, 0.15) is 10.5 Å². The lowest BCUT2D eigenvalue weighted by Crippen LogP contribution is -2.21. The third-order valence-corrected chi connectivity index (χ3v) is 4.52. The number of rotatable bonds is 3. The van der Waals surface area contributed by atoms with Crippen molar-refractivity contribution in [3.8, 4) is 0 Å². The molecule has 0 fully saturated rings. The van der Waals surface area contributed by atoms with E-state index in [0.717, 1.165) is 4.70 Å². The molecule has 112 valence electrons. The highest BCUT2D eigenvalue weighted by Crippen LogP contribution is 2.31. The molecule has 2 aromatic heterocycles. The van der Waals surface area contributed by atoms with Gasteiger partial charge < -0.3 is 11.5 Å². The predicted molar refractivity (Wildman–Crippen MR) is 90.2 cm³/mol. The summed E-state index contributed by atoms with van der Waals surface area (Å²) in [6.45, 7) is 0. The number of anilines is 1. The maximum Gasteiger partial charge on any atom is 0.276 e. The molecular formula is C12H9ClN6OS2. The Morgan fingerprint density at radius 3 is 2.86 bits per heavy atom. The number of nitrogens with one attached hydrogen (secondary N) is 1. The fourth-order valence-corrected chi connectivity index (χ4v) is 3.51. The number of aromatic nitrogens is 2. The lowest BCUT2D eigenvalue weighted by Gasteiger charge is -1.96. The Bertz CT molecular complexity index is 883. The lowest BCUT2D eigenvalue weighted by molar-refractivity contribution is 0.102. The summed E-state index contributed by atoms with van der Waals surface area (Å²) in [4.78, 5) is 24.2. The number of hydrogen-bond donors (Lipinski definition) is 3. The largest absolute Gasteiger partial charge is 0.370 e. The van der Waals surface area contributed by atoms with E-state index in [1.165, 1.54) is 22.7 Å². The van der Waals surface area contributed by atoms with E-state index in [1.54, 1.807) is 11.4 Å². The van der Waals surface area contributed by atoms with Crippen LogP contribution in [0.25, 0.3) is 10.2 Å². The first kappa shape index (κ1) is 14.7. The summed E-state index contributed by atoms with van der Waals surface area (Å²) >= 11 is 8.56. The predicted octanol–water partition coefficient (Wildman–Crippen LogP) is 2.56. The lowest BCUT2D eigenvalue weighted by atomic mass is 10.3. The van der Waals surface area contributed by atoms with Crippen LogP contribution < -0.4 is 16.8 Å². The van der Waals surface area contributed by atoms with Crippen molar-refractivity contribution in [2.75, 3.05) is 5.32 Å². The summed E-state index contributed by atoms with van der Waals surface area (Å²) in [5.74, 6) is -0.495. The summed E-state index contributed by atoms with van der Waals surface area (Å²) in [5.41, 5.74) is 11.4. The fourth-order valence-electron chi connectivity index (χ4n) is 1.66. The molecule has 0 unspecified atom stereocenters. The van der Waals surface area contributed by atoms with E-state index in [0.29, 0.717) is 20.8 Å². The van der Waals surface area contributed by atoms with Gasteiger partial charge in [0.1, 0.15) is 11.2 Å². The number of amides is 1. The zero-order chi connectivity index (χ0) is 15.7. The van der Waals surface area contributed by atoms with Crippen LogP contribution in [0.2, 0.25) is 5.02 Å². The molecule has 1 aromatic carbocycles. The minimum absolute atomic E-state index is 0.109. The number of nitrogens with zero attached hydrogens (tertiary/aromatic N) is 3. The number of benzene rings is 1. The van der Waals surface area contributed by atoms with Crippen molar-refractivity contribution in [1.82, 2.24) is 9.97 Å². The molecule has 3 aromatic rings. The van der Waals surface area contributed by atoms with Crippen LogP contribution in [-0.2, 0) is 0 Å². The Balaban J connectivity index is 1.82. The van der Waals surface area contributed by atoms with E-state index in [4.69, 9.17) is 23.1 Å². The van der Waals surface area contributed by atoms with E-state index >= 15 is 0 Å². The number of carbonyl (C=O) groups is 1. The Hall–Kier alpha value is -2.23. The monoisotopic (exact) mass is 352 g/mol. The Morgan fingerprint density at radius 1 is 1.32 bits per heavy atom. The molecule has 3 rings (SSSR count). The van der Waals surface area contributed by atoms with E-state index in [2.05, 4.69) is 20.3 Å². The van der Waals surface area contributed by atoms with Gasteiger partial charge in [-0.1, -0.05) is 29.0 Å². The second-order valence-corrected chi connectivity index (χ2v) is 6.39. The number of halogens is 1. The number of hydrogen-bond acceptors (Lipinski definition) is 6. The van der Waals surface area contributed by atoms with E-state index in [-0.39, 0.29) is 17.6 Å². The van der Waals surface area contributed by atoms with Gasteiger partial charge in [-0.05, 0) is 12.1 Å². The molecule has 0 saturated carbocycles. The van der Waals surface area contributed by atoms with Crippen molar-refractivity contribution in [1.29, 1.82) is 0 Å². The average Bonchev–Trinajstić information content (AvgIpc) is 3.05. The van der Waals surface area contributed by atoms with Gasteiger partial charge in [-0.2, -0.15) is 4.99 Å². The summed E-state index contributed by atoms with van der Waals surface area (Å²) in [7, 11) is 0. The molecule has 0 radical (unpaired) electrons. The topological polar surface area (TPSA) is 119 Å². The highest BCUT2D eigenvalue weighted by Gasteiger charge is 2.14. The number of para-hydroxylation sites is 1. The van der Waals surface area contributed by atoms with Crippen LogP contribution in [0.3, 0.4) is 0 Å². The number of thiazole rings is 2. The van der Waals surface area contributed by atoms with Crippen molar-refractivity contribution in [2.45, 2.75) is 0 Å².